The summed E-state index contributed by atoms with van der Waals surface area (Å²) in [6.07, 6.45) is 4.75. The number of carbonyl (C=O) groups is 3. The van der Waals surface area contributed by atoms with Crippen LogP contribution in [0.15, 0.2) is 35.1 Å². The van der Waals surface area contributed by atoms with Gasteiger partial charge < -0.3 is 24.1 Å². The van der Waals surface area contributed by atoms with Gasteiger partial charge in [0.05, 0.1) is 17.5 Å². The van der Waals surface area contributed by atoms with Gasteiger partial charge in [0.2, 0.25) is 12.7 Å². The third kappa shape index (κ3) is 4.11. The fourth-order valence-corrected chi connectivity index (χ4v) is 3.71. The molecule has 2 aliphatic rings. The Morgan fingerprint density at radius 3 is 2.52 bits per heavy atom. The van der Waals surface area contributed by atoms with Gasteiger partial charge in [0.1, 0.15) is 6.26 Å². The molecule has 0 atom stereocenters. The first-order valence-corrected chi connectivity index (χ1v) is 9.57. The van der Waals surface area contributed by atoms with Crippen molar-refractivity contribution in [2.45, 2.75) is 26.2 Å². The molecule has 0 bridgehead atoms. The minimum absolute atomic E-state index is 0.0480. The van der Waals surface area contributed by atoms with Gasteiger partial charge in [-0.05, 0) is 37.8 Å². The molecular formula is C21H22N2O6. The van der Waals surface area contributed by atoms with Crippen LogP contribution >= 0.6 is 0 Å². The van der Waals surface area contributed by atoms with Gasteiger partial charge in [-0.3, -0.25) is 14.4 Å². The van der Waals surface area contributed by atoms with Gasteiger partial charge in [0.15, 0.2) is 17.3 Å². The maximum atomic E-state index is 12.6. The number of hydrogen-bond acceptors (Lipinski definition) is 6. The molecule has 0 aliphatic carbocycles. The number of benzene rings is 1. The summed E-state index contributed by atoms with van der Waals surface area (Å²) in [5, 5.41) is 2.84. The van der Waals surface area contributed by atoms with E-state index >= 15 is 0 Å². The van der Waals surface area contributed by atoms with E-state index in [4.69, 9.17) is 13.9 Å². The van der Waals surface area contributed by atoms with Gasteiger partial charge in [-0.1, -0.05) is 0 Å². The van der Waals surface area contributed by atoms with Crippen molar-refractivity contribution < 1.29 is 28.3 Å². The molecule has 0 spiro atoms. The molecular weight excluding hydrogens is 376 g/mol. The number of ether oxygens (including phenoxy) is 2. The highest BCUT2D eigenvalue weighted by molar-refractivity contribution is 6.04. The summed E-state index contributed by atoms with van der Waals surface area (Å²) in [6.45, 7) is 2.75. The Kier molecular flexibility index (Phi) is 5.24. The number of hydrogen-bond donors (Lipinski definition) is 1. The second-order valence-electron chi connectivity index (χ2n) is 7.31. The van der Waals surface area contributed by atoms with E-state index in [1.54, 1.807) is 23.1 Å². The van der Waals surface area contributed by atoms with Crippen LogP contribution in [0.25, 0.3) is 0 Å². The van der Waals surface area contributed by atoms with Crippen molar-refractivity contribution in [2.75, 3.05) is 25.2 Å². The van der Waals surface area contributed by atoms with Crippen molar-refractivity contribution >= 4 is 23.3 Å². The van der Waals surface area contributed by atoms with Crippen LogP contribution in [-0.4, -0.2) is 42.4 Å². The number of likely N-dealkylation sites (tertiary alicyclic amines) is 1. The molecule has 1 N–H and O–H groups in total. The van der Waals surface area contributed by atoms with Crippen molar-refractivity contribution in [3.05, 3.63) is 41.9 Å². The summed E-state index contributed by atoms with van der Waals surface area (Å²) in [5.74, 6) is 0.821. The van der Waals surface area contributed by atoms with Gasteiger partial charge >= 0.3 is 0 Å². The Balaban J connectivity index is 1.34. The molecule has 1 aromatic carbocycles. The lowest BCUT2D eigenvalue weighted by atomic mass is 9.93. The Morgan fingerprint density at radius 1 is 1.14 bits per heavy atom. The summed E-state index contributed by atoms with van der Waals surface area (Å²) < 4.78 is 15.6. The van der Waals surface area contributed by atoms with E-state index < -0.39 is 0 Å². The molecule has 0 unspecified atom stereocenters. The first-order valence-electron chi connectivity index (χ1n) is 9.57. The molecule has 8 nitrogen and oxygen atoms in total. The molecule has 1 fully saturated rings. The number of nitrogens with zero attached hydrogens (tertiary/aromatic N) is 1. The van der Waals surface area contributed by atoms with Crippen LogP contribution in [0.2, 0.25) is 0 Å². The molecule has 2 aromatic rings. The highest BCUT2D eigenvalue weighted by atomic mass is 16.7. The van der Waals surface area contributed by atoms with Gasteiger partial charge in [0, 0.05) is 31.1 Å². The van der Waals surface area contributed by atoms with E-state index in [1.807, 2.05) is 0 Å². The Bertz CT molecular complexity index is 929. The molecule has 29 heavy (non-hydrogen) atoms. The first-order chi connectivity index (χ1) is 14.0. The van der Waals surface area contributed by atoms with Crippen LogP contribution in [0, 0.1) is 5.92 Å². The number of rotatable bonds is 5. The highest BCUT2D eigenvalue weighted by Crippen LogP contribution is 2.37. The average Bonchev–Trinajstić information content (AvgIpc) is 3.39. The molecule has 1 aromatic heterocycles. The van der Waals surface area contributed by atoms with Crippen molar-refractivity contribution in [3.63, 3.8) is 0 Å². The van der Waals surface area contributed by atoms with Crippen LogP contribution in [0.1, 0.15) is 46.9 Å². The monoisotopic (exact) mass is 398 g/mol. The zero-order valence-corrected chi connectivity index (χ0v) is 16.1. The fraction of sp³-hybridized carbons (Fsp3) is 0.381. The topological polar surface area (TPSA) is 98.1 Å². The zero-order valence-electron chi connectivity index (χ0n) is 16.1. The minimum Gasteiger partial charge on any atom is -0.472 e. The third-order valence-corrected chi connectivity index (χ3v) is 5.31. The van der Waals surface area contributed by atoms with Gasteiger partial charge in [0.25, 0.3) is 5.91 Å². The summed E-state index contributed by atoms with van der Waals surface area (Å²) in [5.41, 5.74) is 1.36. The van der Waals surface area contributed by atoms with Crippen molar-refractivity contribution in [3.8, 4) is 11.5 Å². The number of anilines is 1. The standard InChI is InChI=1S/C21H22N2O6/c1-13(24)16-9-18-19(29-12-28-18)10-17(16)22-20(25)8-14-2-5-23(6-3-14)21(26)15-4-7-27-11-15/h4,7,9-11,14H,2-3,5-6,8,12H2,1H3,(H,22,25). The normalized spacial score (nSPS) is 16.0. The maximum Gasteiger partial charge on any atom is 0.257 e. The molecule has 0 saturated carbocycles. The molecule has 3 heterocycles. The number of furan rings is 1. The lowest BCUT2D eigenvalue weighted by Crippen LogP contribution is -2.39. The molecule has 152 valence electrons. The van der Waals surface area contributed by atoms with Crippen LogP contribution in [0.4, 0.5) is 5.69 Å². The molecule has 8 heteroatoms. The van der Waals surface area contributed by atoms with Crippen molar-refractivity contribution in [1.29, 1.82) is 0 Å². The van der Waals surface area contributed by atoms with E-state index in [0.717, 1.165) is 12.8 Å². The summed E-state index contributed by atoms with van der Waals surface area (Å²) in [7, 11) is 0. The summed E-state index contributed by atoms with van der Waals surface area (Å²) >= 11 is 0. The van der Waals surface area contributed by atoms with E-state index in [1.165, 1.54) is 19.5 Å². The lowest BCUT2D eigenvalue weighted by Gasteiger charge is -2.31. The van der Waals surface area contributed by atoms with Crippen LogP contribution < -0.4 is 14.8 Å². The number of Topliss-reactive ketones (excluding diaryl/α,β-unsaturated/α-hetero) is 1. The van der Waals surface area contributed by atoms with Crippen LogP contribution in [0.3, 0.4) is 0 Å². The predicted octanol–water partition coefficient (Wildman–Crippen LogP) is 3.09. The van der Waals surface area contributed by atoms with Gasteiger partial charge in [-0.15, -0.1) is 0 Å². The number of carbonyl (C=O) groups excluding carboxylic acids is 3. The maximum absolute atomic E-state index is 12.6. The minimum atomic E-state index is -0.162. The number of nitrogens with one attached hydrogen (secondary N) is 1. The van der Waals surface area contributed by atoms with E-state index in [9.17, 15) is 14.4 Å². The predicted molar refractivity (Wildman–Crippen MR) is 103 cm³/mol. The SMILES string of the molecule is CC(=O)c1cc2c(cc1NC(=O)CC1CCN(C(=O)c3ccoc3)CC1)OCO2. The molecule has 2 amide bonds. The number of fused-ring (bicyclic) bond motifs is 1. The molecule has 1 saturated heterocycles. The van der Waals surface area contributed by atoms with Gasteiger partial charge in [-0.25, -0.2) is 0 Å². The fourth-order valence-electron chi connectivity index (χ4n) is 3.71. The Hall–Kier alpha value is -3.29. The third-order valence-electron chi connectivity index (χ3n) is 5.31. The molecule has 2 aliphatic heterocycles. The quantitative estimate of drug-likeness (QED) is 0.777. The van der Waals surface area contributed by atoms with Crippen molar-refractivity contribution in [1.82, 2.24) is 4.90 Å². The second-order valence-corrected chi connectivity index (χ2v) is 7.31. The number of piperidine rings is 1. The number of amides is 2. The Labute approximate surface area is 167 Å². The zero-order chi connectivity index (χ0) is 20.4. The summed E-state index contributed by atoms with van der Waals surface area (Å²) in [6, 6.07) is 4.88. The Morgan fingerprint density at radius 2 is 1.86 bits per heavy atom. The second kappa shape index (κ2) is 7.98. The summed E-state index contributed by atoms with van der Waals surface area (Å²) in [4.78, 5) is 38.7. The average molecular weight is 398 g/mol. The molecule has 4 rings (SSSR count). The largest absolute Gasteiger partial charge is 0.472 e. The lowest BCUT2D eigenvalue weighted by molar-refractivity contribution is -0.117. The van der Waals surface area contributed by atoms with Crippen molar-refractivity contribution in [2.24, 2.45) is 5.92 Å². The van der Waals surface area contributed by atoms with E-state index in [2.05, 4.69) is 5.32 Å². The van der Waals surface area contributed by atoms with E-state index in [-0.39, 0.29) is 30.3 Å². The smallest absolute Gasteiger partial charge is 0.257 e. The van der Waals surface area contributed by atoms with E-state index in [0.29, 0.717) is 47.8 Å². The first kappa shape index (κ1) is 19.0. The van der Waals surface area contributed by atoms with Crippen LogP contribution in [0.5, 0.6) is 11.5 Å². The number of ketones is 1. The van der Waals surface area contributed by atoms with Crippen LogP contribution in [-0.2, 0) is 4.79 Å². The molecule has 0 radical (unpaired) electrons. The highest BCUT2D eigenvalue weighted by Gasteiger charge is 2.26. The van der Waals surface area contributed by atoms with Gasteiger partial charge in [-0.2, -0.15) is 0 Å².